The van der Waals surface area contributed by atoms with Gasteiger partial charge in [-0.2, -0.15) is 0 Å². The van der Waals surface area contributed by atoms with Crippen molar-refractivity contribution in [2.24, 2.45) is 5.92 Å². The first-order valence-corrected chi connectivity index (χ1v) is 10.8. The lowest BCUT2D eigenvalue weighted by atomic mass is 9.92. The fourth-order valence-corrected chi connectivity index (χ4v) is 3.05. The quantitative estimate of drug-likeness (QED) is 0.730. The summed E-state index contributed by atoms with van der Waals surface area (Å²) in [4.78, 5) is 14.0. The smallest absolute Gasteiger partial charge is 0.410 e. The highest BCUT2D eigenvalue weighted by atomic mass is 28.4. The summed E-state index contributed by atoms with van der Waals surface area (Å²) in [7, 11) is -1.77. The van der Waals surface area contributed by atoms with Gasteiger partial charge < -0.3 is 14.1 Å². The highest BCUT2D eigenvalue weighted by Gasteiger charge is 2.44. The summed E-state index contributed by atoms with van der Waals surface area (Å²) >= 11 is 0. The van der Waals surface area contributed by atoms with Gasteiger partial charge in [-0.3, -0.25) is 0 Å². The van der Waals surface area contributed by atoms with E-state index in [2.05, 4.69) is 40.8 Å². The molecule has 21 heavy (non-hydrogen) atoms. The number of nitrogens with zero attached hydrogens (tertiary/aromatic N) is 1. The van der Waals surface area contributed by atoms with Crippen molar-refractivity contribution >= 4 is 14.4 Å². The van der Waals surface area contributed by atoms with Crippen molar-refractivity contribution in [1.82, 2.24) is 4.90 Å². The van der Waals surface area contributed by atoms with Crippen molar-refractivity contribution in [3.05, 3.63) is 0 Å². The molecule has 0 saturated carbocycles. The van der Waals surface area contributed by atoms with Crippen LogP contribution in [0.3, 0.4) is 0 Å². The van der Waals surface area contributed by atoms with Gasteiger partial charge in [0.1, 0.15) is 5.60 Å². The number of amides is 1. The summed E-state index contributed by atoms with van der Waals surface area (Å²) in [5, 5.41) is 0.191. The van der Waals surface area contributed by atoms with E-state index in [1.165, 1.54) is 0 Å². The molecule has 0 spiro atoms. The van der Waals surface area contributed by atoms with E-state index in [1.54, 1.807) is 0 Å². The number of hydrogen-bond donors (Lipinski definition) is 0. The van der Waals surface area contributed by atoms with Crippen LogP contribution in [0.4, 0.5) is 4.79 Å². The van der Waals surface area contributed by atoms with Gasteiger partial charge in [0.25, 0.3) is 0 Å². The Hall–Kier alpha value is -0.553. The van der Waals surface area contributed by atoms with Crippen LogP contribution in [0.1, 0.15) is 48.5 Å². The Bertz CT molecular complexity index is 382. The zero-order chi connectivity index (χ0) is 16.6. The number of carbonyl (C=O) groups excluding carboxylic acids is 1. The number of likely N-dealkylation sites (tertiary alicyclic amines) is 1. The number of rotatable bonds is 3. The molecule has 0 aromatic carbocycles. The molecule has 1 fully saturated rings. The molecule has 1 saturated heterocycles. The average Bonchev–Trinajstić information content (AvgIpc) is 2.21. The minimum atomic E-state index is -1.77. The number of hydrogen-bond acceptors (Lipinski definition) is 3. The summed E-state index contributed by atoms with van der Waals surface area (Å²) < 4.78 is 11.7. The molecule has 1 rings (SSSR count). The summed E-state index contributed by atoms with van der Waals surface area (Å²) in [5.41, 5.74) is -0.444. The van der Waals surface area contributed by atoms with Gasteiger partial charge in [0, 0.05) is 6.54 Å². The van der Waals surface area contributed by atoms with E-state index < -0.39 is 13.9 Å². The molecule has 2 atom stereocenters. The Balaban J connectivity index is 2.60. The highest BCUT2D eigenvalue weighted by molar-refractivity contribution is 6.74. The molecule has 0 unspecified atom stereocenters. The molecule has 4 nitrogen and oxygen atoms in total. The first-order chi connectivity index (χ1) is 9.24. The molecule has 0 bridgehead atoms. The molecule has 0 N–H and O–H groups in total. The van der Waals surface area contributed by atoms with Crippen molar-refractivity contribution in [2.45, 2.75) is 78.2 Å². The van der Waals surface area contributed by atoms with Gasteiger partial charge in [-0.15, -0.1) is 0 Å². The SMILES string of the molecule is C[C@H]1CN(C(=O)OC(C)(C)C)[C@H]1CO[Si](C)(C)C(C)(C)C. The van der Waals surface area contributed by atoms with Crippen molar-refractivity contribution < 1.29 is 14.0 Å². The molecular weight excluding hydrogens is 282 g/mol. The van der Waals surface area contributed by atoms with Crippen LogP contribution in [-0.2, 0) is 9.16 Å². The van der Waals surface area contributed by atoms with E-state index in [1.807, 2.05) is 25.7 Å². The molecule has 0 radical (unpaired) electrons. The van der Waals surface area contributed by atoms with Gasteiger partial charge in [-0.05, 0) is 44.8 Å². The normalized spacial score (nSPS) is 23.8. The molecule has 1 aliphatic heterocycles. The summed E-state index contributed by atoms with van der Waals surface area (Å²) in [6.07, 6.45) is -0.218. The third-order valence-electron chi connectivity index (χ3n) is 4.59. The van der Waals surface area contributed by atoms with Crippen LogP contribution in [0.2, 0.25) is 18.1 Å². The minimum Gasteiger partial charge on any atom is -0.444 e. The second-order valence-electron chi connectivity index (χ2n) is 8.75. The van der Waals surface area contributed by atoms with Crippen LogP contribution in [-0.4, -0.2) is 44.1 Å². The molecule has 0 aromatic rings. The van der Waals surface area contributed by atoms with Gasteiger partial charge >= 0.3 is 6.09 Å². The van der Waals surface area contributed by atoms with E-state index in [4.69, 9.17) is 9.16 Å². The topological polar surface area (TPSA) is 38.8 Å². The Morgan fingerprint density at radius 1 is 1.19 bits per heavy atom. The van der Waals surface area contributed by atoms with Crippen LogP contribution < -0.4 is 0 Å². The van der Waals surface area contributed by atoms with Gasteiger partial charge in [0.05, 0.1) is 12.6 Å². The second kappa shape index (κ2) is 5.92. The van der Waals surface area contributed by atoms with Crippen molar-refractivity contribution in [3.63, 3.8) is 0 Å². The molecular formula is C16H33NO3Si. The van der Waals surface area contributed by atoms with E-state index in [0.717, 1.165) is 6.54 Å². The predicted molar refractivity (Wildman–Crippen MR) is 89.0 cm³/mol. The number of carbonyl (C=O) groups is 1. The largest absolute Gasteiger partial charge is 0.444 e. The maximum absolute atomic E-state index is 12.2. The Morgan fingerprint density at radius 3 is 2.10 bits per heavy atom. The third-order valence-corrected chi connectivity index (χ3v) is 9.09. The molecule has 1 amide bonds. The monoisotopic (exact) mass is 315 g/mol. The van der Waals surface area contributed by atoms with Crippen LogP contribution in [0.15, 0.2) is 0 Å². The van der Waals surface area contributed by atoms with E-state index >= 15 is 0 Å². The van der Waals surface area contributed by atoms with E-state index in [0.29, 0.717) is 12.5 Å². The van der Waals surface area contributed by atoms with Crippen LogP contribution >= 0.6 is 0 Å². The lowest BCUT2D eigenvalue weighted by Crippen LogP contribution is -2.61. The van der Waals surface area contributed by atoms with Gasteiger partial charge in [0.2, 0.25) is 0 Å². The lowest BCUT2D eigenvalue weighted by molar-refractivity contribution is -0.0392. The summed E-state index contributed by atoms with van der Waals surface area (Å²) in [6.45, 7) is 20.4. The summed E-state index contributed by atoms with van der Waals surface area (Å²) in [6, 6.07) is 0.147. The second-order valence-corrected chi connectivity index (χ2v) is 13.6. The molecule has 1 heterocycles. The van der Waals surface area contributed by atoms with Crippen LogP contribution in [0.25, 0.3) is 0 Å². The molecule has 5 heteroatoms. The van der Waals surface area contributed by atoms with E-state index in [-0.39, 0.29) is 17.2 Å². The van der Waals surface area contributed by atoms with E-state index in [9.17, 15) is 4.79 Å². The predicted octanol–water partition coefficient (Wildman–Crippen LogP) is 4.26. The fourth-order valence-electron chi connectivity index (χ4n) is 2.03. The Labute approximate surface area is 131 Å². The molecule has 0 aliphatic carbocycles. The van der Waals surface area contributed by atoms with Crippen LogP contribution in [0, 0.1) is 5.92 Å². The number of ether oxygens (including phenoxy) is 1. The minimum absolute atomic E-state index is 0.147. The molecule has 124 valence electrons. The van der Waals surface area contributed by atoms with Gasteiger partial charge in [-0.25, -0.2) is 4.79 Å². The first kappa shape index (κ1) is 18.5. The van der Waals surface area contributed by atoms with Crippen molar-refractivity contribution in [3.8, 4) is 0 Å². The van der Waals surface area contributed by atoms with Crippen LogP contribution in [0.5, 0.6) is 0 Å². The average molecular weight is 316 g/mol. The van der Waals surface area contributed by atoms with Gasteiger partial charge in [0.15, 0.2) is 8.32 Å². The standard InChI is InChI=1S/C16H33NO3Si/c1-12-10-17(14(18)20-15(2,3)4)13(12)11-19-21(8,9)16(5,6)7/h12-13H,10-11H2,1-9H3/t12-,13-/m0/s1. The third kappa shape index (κ3) is 4.71. The Morgan fingerprint density at radius 2 is 1.71 bits per heavy atom. The lowest BCUT2D eigenvalue weighted by Gasteiger charge is -2.48. The Kier molecular flexibility index (Phi) is 5.21. The molecule has 0 aromatic heterocycles. The van der Waals surface area contributed by atoms with Crippen molar-refractivity contribution in [2.75, 3.05) is 13.2 Å². The highest BCUT2D eigenvalue weighted by Crippen LogP contribution is 2.37. The first-order valence-electron chi connectivity index (χ1n) is 7.88. The zero-order valence-corrected chi connectivity index (χ0v) is 16.2. The fraction of sp³-hybridized carbons (Fsp3) is 0.938. The zero-order valence-electron chi connectivity index (χ0n) is 15.2. The molecule has 1 aliphatic rings. The summed E-state index contributed by atoms with van der Waals surface area (Å²) in [5.74, 6) is 0.474. The van der Waals surface area contributed by atoms with Crippen molar-refractivity contribution in [1.29, 1.82) is 0 Å². The maximum atomic E-state index is 12.2. The maximum Gasteiger partial charge on any atom is 0.410 e. The van der Waals surface area contributed by atoms with Gasteiger partial charge in [-0.1, -0.05) is 27.7 Å².